The Balaban J connectivity index is 0.00000242. The molecule has 3 nitrogen and oxygen atoms in total. The van der Waals surface area contributed by atoms with Crippen molar-refractivity contribution >= 4 is 28.3 Å². The maximum Gasteiger partial charge on any atom is 0.387 e. The van der Waals surface area contributed by atoms with Crippen LogP contribution in [-0.2, 0) is 6.54 Å². The molecule has 1 heterocycles. The Labute approximate surface area is 144 Å². The molecule has 1 aromatic carbocycles. The number of alkyl halides is 2. The van der Waals surface area contributed by atoms with Crippen molar-refractivity contribution in [1.82, 2.24) is 4.90 Å². The molecule has 22 heavy (non-hydrogen) atoms. The summed E-state index contributed by atoms with van der Waals surface area (Å²) in [6.07, 6.45) is 1.03. The minimum Gasteiger partial charge on any atom is -0.434 e. The number of halogens is 4. The lowest BCUT2D eigenvalue weighted by Gasteiger charge is -2.23. The number of hydrogen-bond donors (Lipinski definition) is 1. The molecule has 1 aliphatic heterocycles. The predicted octanol–water partition coefficient (Wildman–Crippen LogP) is 3.95. The van der Waals surface area contributed by atoms with E-state index in [9.17, 15) is 8.78 Å². The molecular weight excluding hydrogens is 378 g/mol. The van der Waals surface area contributed by atoms with Gasteiger partial charge in [0, 0.05) is 23.1 Å². The molecule has 7 heteroatoms. The van der Waals surface area contributed by atoms with Crippen molar-refractivity contribution in [1.29, 1.82) is 0 Å². The van der Waals surface area contributed by atoms with E-state index >= 15 is 0 Å². The van der Waals surface area contributed by atoms with E-state index in [1.54, 1.807) is 13.0 Å². The Kier molecular flexibility index (Phi) is 7.05. The molecule has 1 aliphatic rings. The van der Waals surface area contributed by atoms with Gasteiger partial charge < -0.3 is 10.5 Å². The number of nitrogens with two attached hydrogens (primary N) is 1. The molecule has 0 amide bonds. The molecule has 0 bridgehead atoms. The van der Waals surface area contributed by atoms with Gasteiger partial charge in [0.15, 0.2) is 0 Å². The summed E-state index contributed by atoms with van der Waals surface area (Å²) >= 11 is 3.42. The van der Waals surface area contributed by atoms with Crippen molar-refractivity contribution in [3.05, 3.63) is 27.7 Å². The third-order valence-corrected chi connectivity index (χ3v) is 4.50. The van der Waals surface area contributed by atoms with Gasteiger partial charge in [-0.1, -0.05) is 22.9 Å². The topological polar surface area (TPSA) is 38.5 Å². The monoisotopic (exact) mass is 398 g/mol. The van der Waals surface area contributed by atoms with Crippen molar-refractivity contribution in [3.63, 3.8) is 0 Å². The molecule has 1 unspecified atom stereocenters. The smallest absolute Gasteiger partial charge is 0.387 e. The first-order valence-corrected chi connectivity index (χ1v) is 7.78. The SMILES string of the molecule is Cc1cc(Br)cc(CN2CCC(C)(CN)C2)c1OC(F)F.Cl. The highest BCUT2D eigenvalue weighted by molar-refractivity contribution is 9.10. The van der Waals surface area contributed by atoms with Gasteiger partial charge in [-0.3, -0.25) is 4.90 Å². The molecule has 2 rings (SSSR count). The fourth-order valence-corrected chi connectivity index (χ4v) is 3.46. The van der Waals surface area contributed by atoms with Crippen LogP contribution in [0.2, 0.25) is 0 Å². The van der Waals surface area contributed by atoms with Crippen LogP contribution in [0.25, 0.3) is 0 Å². The summed E-state index contributed by atoms with van der Waals surface area (Å²) in [4.78, 5) is 2.24. The van der Waals surface area contributed by atoms with Gasteiger partial charge in [-0.15, -0.1) is 12.4 Å². The normalized spacial score (nSPS) is 22.0. The van der Waals surface area contributed by atoms with Gasteiger partial charge in [0.1, 0.15) is 5.75 Å². The molecule has 1 fully saturated rings. The second-order valence-electron chi connectivity index (χ2n) is 6.06. The molecule has 0 saturated carbocycles. The van der Waals surface area contributed by atoms with Gasteiger partial charge >= 0.3 is 6.61 Å². The maximum atomic E-state index is 12.6. The second kappa shape index (κ2) is 7.90. The second-order valence-corrected chi connectivity index (χ2v) is 6.98. The maximum absolute atomic E-state index is 12.6. The highest BCUT2D eigenvalue weighted by Crippen LogP contribution is 2.34. The van der Waals surface area contributed by atoms with Gasteiger partial charge in [-0.2, -0.15) is 8.78 Å². The molecule has 0 aliphatic carbocycles. The predicted molar refractivity (Wildman–Crippen MR) is 89.8 cm³/mol. The fraction of sp³-hybridized carbons (Fsp3) is 0.600. The largest absolute Gasteiger partial charge is 0.434 e. The van der Waals surface area contributed by atoms with Crippen molar-refractivity contribution in [2.45, 2.75) is 33.4 Å². The summed E-state index contributed by atoms with van der Waals surface area (Å²) in [7, 11) is 0. The summed E-state index contributed by atoms with van der Waals surface area (Å²) in [6.45, 7) is 4.17. The fourth-order valence-electron chi connectivity index (χ4n) is 2.84. The summed E-state index contributed by atoms with van der Waals surface area (Å²) in [5.74, 6) is 0.287. The van der Waals surface area contributed by atoms with Crippen LogP contribution in [0, 0.1) is 12.3 Å². The number of ether oxygens (including phenoxy) is 1. The van der Waals surface area contributed by atoms with Crippen molar-refractivity contribution in [3.8, 4) is 5.75 Å². The average Bonchev–Trinajstić information content (AvgIpc) is 2.76. The van der Waals surface area contributed by atoms with E-state index < -0.39 is 6.61 Å². The van der Waals surface area contributed by atoms with E-state index in [0.29, 0.717) is 18.7 Å². The molecule has 0 aromatic heterocycles. The zero-order valence-corrected chi connectivity index (χ0v) is 15.1. The molecule has 1 aromatic rings. The highest BCUT2D eigenvalue weighted by Gasteiger charge is 2.32. The molecule has 1 saturated heterocycles. The van der Waals surface area contributed by atoms with Gasteiger partial charge in [0.05, 0.1) is 0 Å². The van der Waals surface area contributed by atoms with E-state index in [1.165, 1.54) is 0 Å². The lowest BCUT2D eigenvalue weighted by molar-refractivity contribution is -0.0512. The number of rotatable bonds is 5. The van der Waals surface area contributed by atoms with Gasteiger partial charge in [-0.05, 0) is 49.5 Å². The Morgan fingerprint density at radius 2 is 2.14 bits per heavy atom. The molecule has 2 N–H and O–H groups in total. The number of hydrogen-bond acceptors (Lipinski definition) is 3. The van der Waals surface area contributed by atoms with Crippen LogP contribution in [0.4, 0.5) is 8.78 Å². The van der Waals surface area contributed by atoms with Crippen LogP contribution < -0.4 is 10.5 Å². The van der Waals surface area contributed by atoms with Crippen molar-refractivity contribution in [2.75, 3.05) is 19.6 Å². The molecule has 126 valence electrons. The third kappa shape index (κ3) is 4.78. The highest BCUT2D eigenvalue weighted by atomic mass is 79.9. The van der Waals surface area contributed by atoms with Crippen LogP contribution in [0.15, 0.2) is 16.6 Å². The minimum atomic E-state index is -2.81. The summed E-state index contributed by atoms with van der Waals surface area (Å²) < 4.78 is 30.8. The Hall–Kier alpha value is -0.430. The van der Waals surface area contributed by atoms with Crippen molar-refractivity contribution < 1.29 is 13.5 Å². The van der Waals surface area contributed by atoms with E-state index in [2.05, 4.69) is 27.8 Å². The lowest BCUT2D eigenvalue weighted by Crippen LogP contribution is -2.31. The van der Waals surface area contributed by atoms with E-state index in [-0.39, 0.29) is 23.6 Å². The Bertz CT molecular complexity index is 519. The van der Waals surface area contributed by atoms with Crippen LogP contribution >= 0.6 is 28.3 Å². The quantitative estimate of drug-likeness (QED) is 0.815. The number of likely N-dealkylation sites (tertiary alicyclic amines) is 1. The summed E-state index contributed by atoms with van der Waals surface area (Å²) in [5.41, 5.74) is 7.42. The van der Waals surface area contributed by atoms with Crippen LogP contribution in [0.1, 0.15) is 24.5 Å². The van der Waals surface area contributed by atoms with E-state index in [4.69, 9.17) is 10.5 Å². The van der Waals surface area contributed by atoms with Gasteiger partial charge in [0.2, 0.25) is 0 Å². The first-order chi connectivity index (χ1) is 9.83. The first-order valence-electron chi connectivity index (χ1n) is 6.99. The van der Waals surface area contributed by atoms with Crippen LogP contribution in [0.3, 0.4) is 0 Å². The van der Waals surface area contributed by atoms with Gasteiger partial charge in [0.25, 0.3) is 0 Å². The molecular formula is C15H22BrClF2N2O. The average molecular weight is 400 g/mol. The summed E-state index contributed by atoms with van der Waals surface area (Å²) in [6, 6.07) is 3.64. The van der Waals surface area contributed by atoms with E-state index in [0.717, 1.165) is 29.5 Å². The number of benzene rings is 1. The first kappa shape index (κ1) is 19.6. The Morgan fingerprint density at radius 1 is 1.45 bits per heavy atom. The van der Waals surface area contributed by atoms with Crippen LogP contribution in [0.5, 0.6) is 5.75 Å². The number of aryl methyl sites for hydroxylation is 1. The molecule has 0 spiro atoms. The zero-order chi connectivity index (χ0) is 15.6. The van der Waals surface area contributed by atoms with Crippen molar-refractivity contribution in [2.24, 2.45) is 11.1 Å². The summed E-state index contributed by atoms with van der Waals surface area (Å²) in [5, 5.41) is 0. The lowest BCUT2D eigenvalue weighted by atomic mass is 9.90. The molecule has 0 radical (unpaired) electrons. The Morgan fingerprint density at radius 3 is 2.68 bits per heavy atom. The zero-order valence-electron chi connectivity index (χ0n) is 12.7. The standard InChI is InChI=1S/C15H21BrF2N2O.ClH/c1-10-5-12(16)6-11(13(10)21-14(17)18)7-20-4-3-15(2,8-19)9-20;/h5-6,14H,3-4,7-9,19H2,1-2H3;1H. The minimum absolute atomic E-state index is 0. The number of nitrogens with zero attached hydrogens (tertiary/aromatic N) is 1. The third-order valence-electron chi connectivity index (χ3n) is 4.05. The molecule has 1 atom stereocenters. The van der Waals surface area contributed by atoms with Crippen LogP contribution in [-0.4, -0.2) is 31.1 Å². The van der Waals surface area contributed by atoms with E-state index in [1.807, 2.05) is 6.07 Å². The van der Waals surface area contributed by atoms with Gasteiger partial charge in [-0.25, -0.2) is 0 Å².